The Morgan fingerprint density at radius 3 is 2.05 bits per heavy atom. The molecule has 0 aliphatic rings. The van der Waals surface area contributed by atoms with Crippen molar-refractivity contribution in [2.45, 2.75) is 31.9 Å². The van der Waals surface area contributed by atoms with Crippen molar-refractivity contribution in [3.8, 4) is 0 Å². The number of aromatic carboxylic acids is 1. The van der Waals surface area contributed by atoms with Gasteiger partial charge in [-0.1, -0.05) is 32.9 Å². The highest BCUT2D eigenvalue weighted by Gasteiger charge is 2.21. The summed E-state index contributed by atoms with van der Waals surface area (Å²) in [7, 11) is -0.340. The van der Waals surface area contributed by atoms with E-state index in [1.807, 2.05) is 0 Å². The Morgan fingerprint density at radius 1 is 1.20 bits per heavy atom. The third-order valence-corrected chi connectivity index (χ3v) is 7.09. The second-order valence-electron chi connectivity index (χ2n) is 6.43. The lowest BCUT2D eigenvalue weighted by Gasteiger charge is -2.40. The Morgan fingerprint density at radius 2 is 1.70 bits per heavy atom. The molecule has 1 rings (SSSR count). The van der Waals surface area contributed by atoms with Crippen LogP contribution in [0, 0.1) is 0 Å². The van der Waals surface area contributed by atoms with E-state index in [0.717, 1.165) is 5.56 Å². The predicted octanol–water partition coefficient (Wildman–Crippen LogP) is 3.40. The van der Waals surface area contributed by atoms with Crippen molar-refractivity contribution in [1.82, 2.24) is 0 Å². The number of carboxylic acids is 1. The van der Waals surface area contributed by atoms with Gasteiger partial charge in [0, 0.05) is 6.61 Å². The van der Waals surface area contributed by atoms with Crippen molar-refractivity contribution in [1.29, 1.82) is 0 Å². The molecule has 0 saturated carbocycles. The number of hydrogen-bond donors (Lipinski definition) is 2. The molecule has 0 aliphatic heterocycles. The number of aliphatic hydroxyl groups is 1. The largest absolute Gasteiger partial charge is 0.478 e. The zero-order valence-corrected chi connectivity index (χ0v) is 14.3. The van der Waals surface area contributed by atoms with E-state index in [1.165, 1.54) is 6.07 Å². The number of hydrogen-bond acceptors (Lipinski definition) is 2. The molecule has 116 valence electrons. The van der Waals surface area contributed by atoms with E-state index in [0.29, 0.717) is 11.2 Å². The Kier molecular flexibility index (Phi) is 7.31. The van der Waals surface area contributed by atoms with E-state index in [2.05, 4.69) is 39.5 Å². The summed E-state index contributed by atoms with van der Waals surface area (Å²) >= 11 is 0. The highest BCUT2D eigenvalue weighted by Crippen LogP contribution is 2.48. The van der Waals surface area contributed by atoms with Gasteiger partial charge in [-0.15, -0.1) is 0 Å². The second kappa shape index (κ2) is 7.70. The summed E-state index contributed by atoms with van der Waals surface area (Å²) in [5.74, 6) is -0.935. The van der Waals surface area contributed by atoms with E-state index in [-0.39, 0.29) is 22.2 Å². The molecule has 0 fully saturated rings. The zero-order valence-electron chi connectivity index (χ0n) is 13.4. The van der Waals surface area contributed by atoms with Crippen LogP contribution in [-0.2, 0) is 6.42 Å². The molecule has 2 N–H and O–H groups in total. The topological polar surface area (TPSA) is 57.5 Å². The number of benzene rings is 1. The molecular formula is C16H28O3S. The normalized spacial score (nSPS) is 12.3. The summed E-state index contributed by atoms with van der Waals surface area (Å²) < 4.78 is 0.521. The van der Waals surface area contributed by atoms with Crippen LogP contribution in [0.3, 0.4) is 0 Å². The molecule has 3 nitrogen and oxygen atoms in total. The van der Waals surface area contributed by atoms with Crippen molar-refractivity contribution in [2.24, 2.45) is 0 Å². The van der Waals surface area contributed by atoms with Crippen molar-refractivity contribution in [2.75, 3.05) is 25.4 Å². The van der Waals surface area contributed by atoms with E-state index >= 15 is 0 Å². The van der Waals surface area contributed by atoms with Gasteiger partial charge in [0.25, 0.3) is 0 Å². The molecular weight excluding hydrogens is 272 g/mol. The van der Waals surface area contributed by atoms with Crippen LogP contribution >= 0.6 is 10.0 Å². The zero-order chi connectivity index (χ0) is 16.0. The summed E-state index contributed by atoms with van der Waals surface area (Å²) in [6.45, 7) is 6.97. The van der Waals surface area contributed by atoms with Gasteiger partial charge in [-0.05, 0) is 47.6 Å². The van der Waals surface area contributed by atoms with Gasteiger partial charge in [0.1, 0.15) is 0 Å². The van der Waals surface area contributed by atoms with Crippen LogP contribution in [-0.4, -0.2) is 46.3 Å². The Bertz CT molecular complexity index is 416. The van der Waals surface area contributed by atoms with Crippen LogP contribution in [0.15, 0.2) is 24.3 Å². The smallest absolute Gasteiger partial charge is 0.335 e. The predicted molar refractivity (Wildman–Crippen MR) is 89.3 cm³/mol. The molecule has 20 heavy (non-hydrogen) atoms. The van der Waals surface area contributed by atoms with Gasteiger partial charge in [0.05, 0.1) is 5.56 Å². The Balaban J connectivity index is 0.000000396. The fraction of sp³-hybridized carbons (Fsp3) is 0.562. The third kappa shape index (κ3) is 6.96. The minimum Gasteiger partial charge on any atom is -0.478 e. The minimum atomic E-state index is -0.935. The third-order valence-electron chi connectivity index (χ3n) is 3.41. The molecule has 0 heterocycles. The molecule has 0 bridgehead atoms. The fourth-order valence-corrected chi connectivity index (χ4v) is 0.989. The molecule has 1 aromatic carbocycles. The molecule has 0 unspecified atom stereocenters. The van der Waals surface area contributed by atoms with Crippen molar-refractivity contribution in [3.63, 3.8) is 0 Å². The Hall–Kier alpha value is -1.00. The maximum Gasteiger partial charge on any atom is 0.335 e. The monoisotopic (exact) mass is 300 g/mol. The summed E-state index contributed by atoms with van der Waals surface area (Å²) in [6.07, 6.45) is 7.56. The highest BCUT2D eigenvalue weighted by molar-refractivity contribution is 8.33. The maximum atomic E-state index is 10.5. The first-order chi connectivity index (χ1) is 8.99. The van der Waals surface area contributed by atoms with Crippen LogP contribution in [0.1, 0.15) is 36.7 Å². The number of rotatable bonds is 3. The molecule has 0 aromatic heterocycles. The van der Waals surface area contributed by atoms with E-state index < -0.39 is 5.97 Å². The summed E-state index contributed by atoms with van der Waals surface area (Å²) in [6, 6.07) is 6.57. The van der Waals surface area contributed by atoms with Gasteiger partial charge in [0.15, 0.2) is 0 Å². The second-order valence-corrected chi connectivity index (χ2v) is 11.3. The van der Waals surface area contributed by atoms with Crippen LogP contribution < -0.4 is 0 Å². The van der Waals surface area contributed by atoms with Gasteiger partial charge in [-0.3, -0.25) is 0 Å². The maximum absolute atomic E-state index is 10.5. The minimum absolute atomic E-state index is 0.0447. The standard InChI is InChI=1S/C9H10O3.C7H18S/c10-5-4-7-2-1-3-8(6-7)9(11)12;1-7(2,3)8(4,5)6/h1-3,6,10H,4-5H2,(H,11,12);1-6H3. The molecule has 0 amide bonds. The van der Waals surface area contributed by atoms with Gasteiger partial charge in [-0.2, -0.15) is 0 Å². The summed E-state index contributed by atoms with van der Waals surface area (Å²) in [5, 5.41) is 17.2. The Labute approximate surface area is 124 Å². The number of aliphatic hydroxyl groups excluding tert-OH is 1. The van der Waals surface area contributed by atoms with E-state index in [4.69, 9.17) is 10.2 Å². The SMILES string of the molecule is CC(C)(C)S(C)(C)C.O=C(O)c1cccc(CCO)c1. The van der Waals surface area contributed by atoms with Gasteiger partial charge in [0.2, 0.25) is 0 Å². The van der Waals surface area contributed by atoms with Crippen LogP contribution in [0.2, 0.25) is 0 Å². The molecule has 4 heteroatoms. The fourth-order valence-electron chi connectivity index (χ4n) is 0.989. The number of carbonyl (C=O) groups is 1. The van der Waals surface area contributed by atoms with Crippen molar-refractivity contribution >= 4 is 16.0 Å². The lowest BCUT2D eigenvalue weighted by molar-refractivity contribution is 0.0696. The van der Waals surface area contributed by atoms with Gasteiger partial charge < -0.3 is 10.2 Å². The lowest BCUT2D eigenvalue weighted by Crippen LogP contribution is -2.21. The quantitative estimate of drug-likeness (QED) is 0.899. The van der Waals surface area contributed by atoms with Crippen LogP contribution in [0.4, 0.5) is 0 Å². The van der Waals surface area contributed by atoms with Crippen LogP contribution in [0.25, 0.3) is 0 Å². The van der Waals surface area contributed by atoms with Gasteiger partial charge in [-0.25, -0.2) is 14.8 Å². The first kappa shape index (κ1) is 19.0. The average molecular weight is 300 g/mol. The van der Waals surface area contributed by atoms with Gasteiger partial charge >= 0.3 is 5.97 Å². The molecule has 0 aliphatic carbocycles. The van der Waals surface area contributed by atoms with Crippen molar-refractivity contribution in [3.05, 3.63) is 35.4 Å². The number of carboxylic acid groups (broad SMARTS) is 1. The molecule has 1 aromatic rings. The average Bonchev–Trinajstić information content (AvgIpc) is 2.28. The van der Waals surface area contributed by atoms with Crippen molar-refractivity contribution < 1.29 is 15.0 Å². The highest BCUT2D eigenvalue weighted by atomic mass is 32.3. The lowest BCUT2D eigenvalue weighted by atomic mass is 10.1. The summed E-state index contributed by atoms with van der Waals surface area (Å²) in [5.41, 5.74) is 1.11. The van der Waals surface area contributed by atoms with E-state index in [9.17, 15) is 4.79 Å². The first-order valence-electron chi connectivity index (χ1n) is 6.60. The summed E-state index contributed by atoms with van der Waals surface area (Å²) in [4.78, 5) is 10.5. The molecule has 0 atom stereocenters. The molecule has 0 saturated heterocycles. The molecule has 0 spiro atoms. The molecule has 0 radical (unpaired) electrons. The van der Waals surface area contributed by atoms with E-state index in [1.54, 1.807) is 18.2 Å². The van der Waals surface area contributed by atoms with Crippen LogP contribution in [0.5, 0.6) is 0 Å². The first-order valence-corrected chi connectivity index (χ1v) is 9.46.